The molecule has 0 unspecified atom stereocenters. The van der Waals surface area contributed by atoms with Gasteiger partial charge in [0.1, 0.15) is 17.3 Å². The van der Waals surface area contributed by atoms with Crippen LogP contribution in [0.2, 0.25) is 0 Å². The van der Waals surface area contributed by atoms with Crippen LogP contribution in [0.1, 0.15) is 32.0 Å². The van der Waals surface area contributed by atoms with Crippen LogP contribution in [0.5, 0.6) is 0 Å². The molecule has 0 saturated heterocycles. The van der Waals surface area contributed by atoms with E-state index in [0.29, 0.717) is 22.6 Å². The summed E-state index contributed by atoms with van der Waals surface area (Å²) >= 11 is 0. The van der Waals surface area contributed by atoms with E-state index in [2.05, 4.69) is 15.8 Å². The highest BCUT2D eigenvalue weighted by Crippen LogP contribution is 2.30. The van der Waals surface area contributed by atoms with E-state index in [1.807, 2.05) is 0 Å². The van der Waals surface area contributed by atoms with Crippen molar-refractivity contribution >= 4 is 29.4 Å². The molecular weight excluding hydrogens is 467 g/mol. The second-order valence-electron chi connectivity index (χ2n) is 7.61. The van der Waals surface area contributed by atoms with Gasteiger partial charge in [-0.25, -0.2) is 9.82 Å². The molecule has 0 aliphatic heterocycles. The van der Waals surface area contributed by atoms with Gasteiger partial charge in [-0.2, -0.15) is 5.10 Å². The molecule has 36 heavy (non-hydrogen) atoms. The standard InChI is InChI=1S/C26H19FN4O5/c1-16-20(6-4-8-23(16)31(34)35)24-14-13-19(36-24)15-28-30-26(33)21-5-2-3-7-22(21)29-25(32)17-9-11-18(27)12-10-17/h2-15H,1H3,(H,29,32)(H,30,33)/b28-15-. The van der Waals surface area contributed by atoms with Gasteiger partial charge < -0.3 is 9.73 Å². The third kappa shape index (κ3) is 5.33. The quantitative estimate of drug-likeness (QED) is 0.208. The van der Waals surface area contributed by atoms with Gasteiger partial charge in [-0.15, -0.1) is 0 Å². The first kappa shape index (κ1) is 24.0. The molecule has 0 aliphatic carbocycles. The number of nitrogens with zero attached hydrogens (tertiary/aromatic N) is 2. The maximum Gasteiger partial charge on any atom is 0.273 e. The average Bonchev–Trinajstić information content (AvgIpc) is 3.33. The van der Waals surface area contributed by atoms with Gasteiger partial charge in [0.05, 0.1) is 22.4 Å². The van der Waals surface area contributed by atoms with Crippen molar-refractivity contribution in [2.75, 3.05) is 5.32 Å². The van der Waals surface area contributed by atoms with Crippen LogP contribution < -0.4 is 10.7 Å². The number of para-hydroxylation sites is 1. The predicted molar refractivity (Wildman–Crippen MR) is 131 cm³/mol. The number of hydrazone groups is 1. The summed E-state index contributed by atoms with van der Waals surface area (Å²) in [6, 6.07) is 19.3. The van der Waals surface area contributed by atoms with Gasteiger partial charge in [-0.1, -0.05) is 24.3 Å². The summed E-state index contributed by atoms with van der Waals surface area (Å²) in [5, 5.41) is 17.7. The summed E-state index contributed by atoms with van der Waals surface area (Å²) < 4.78 is 18.8. The van der Waals surface area contributed by atoms with E-state index in [9.17, 15) is 24.1 Å². The van der Waals surface area contributed by atoms with E-state index >= 15 is 0 Å². The molecule has 9 nitrogen and oxygen atoms in total. The predicted octanol–water partition coefficient (Wildman–Crippen LogP) is 5.32. The number of benzene rings is 3. The highest BCUT2D eigenvalue weighted by molar-refractivity contribution is 6.09. The Morgan fingerprint density at radius 2 is 1.72 bits per heavy atom. The molecule has 10 heteroatoms. The number of amides is 2. The van der Waals surface area contributed by atoms with E-state index in [0.717, 1.165) is 0 Å². The lowest BCUT2D eigenvalue weighted by Crippen LogP contribution is -2.21. The lowest BCUT2D eigenvalue weighted by Gasteiger charge is -2.10. The number of carbonyl (C=O) groups excluding carboxylic acids is 2. The van der Waals surface area contributed by atoms with E-state index in [4.69, 9.17) is 4.42 Å². The van der Waals surface area contributed by atoms with Gasteiger partial charge in [0.15, 0.2) is 0 Å². The molecule has 0 spiro atoms. The lowest BCUT2D eigenvalue weighted by molar-refractivity contribution is -0.385. The van der Waals surface area contributed by atoms with Crippen molar-refractivity contribution in [2.24, 2.45) is 5.10 Å². The fourth-order valence-corrected chi connectivity index (χ4v) is 3.46. The molecule has 180 valence electrons. The molecule has 2 N–H and O–H groups in total. The van der Waals surface area contributed by atoms with Crippen LogP contribution in [0, 0.1) is 22.9 Å². The Balaban J connectivity index is 1.45. The number of halogens is 1. The highest BCUT2D eigenvalue weighted by atomic mass is 19.1. The van der Waals surface area contributed by atoms with Crippen molar-refractivity contribution in [2.45, 2.75) is 6.92 Å². The average molecular weight is 486 g/mol. The van der Waals surface area contributed by atoms with Gasteiger partial charge >= 0.3 is 0 Å². The van der Waals surface area contributed by atoms with Crippen LogP contribution in [0.25, 0.3) is 11.3 Å². The minimum absolute atomic E-state index is 0.0171. The zero-order valence-corrected chi connectivity index (χ0v) is 18.9. The number of nitro benzene ring substituents is 1. The molecular formula is C26H19FN4O5. The molecule has 3 aromatic carbocycles. The summed E-state index contributed by atoms with van der Waals surface area (Å²) in [6.07, 6.45) is 1.29. The number of hydrogen-bond donors (Lipinski definition) is 2. The molecule has 2 amide bonds. The van der Waals surface area contributed by atoms with Gasteiger partial charge in [0.2, 0.25) is 0 Å². The minimum Gasteiger partial charge on any atom is -0.455 e. The summed E-state index contributed by atoms with van der Waals surface area (Å²) in [5.74, 6) is -0.819. The number of nitro groups is 1. The smallest absolute Gasteiger partial charge is 0.273 e. The van der Waals surface area contributed by atoms with Crippen LogP contribution in [-0.2, 0) is 0 Å². The van der Waals surface area contributed by atoms with Gasteiger partial charge in [-0.05, 0) is 55.5 Å². The highest BCUT2D eigenvalue weighted by Gasteiger charge is 2.17. The monoisotopic (exact) mass is 486 g/mol. The molecule has 0 fully saturated rings. The molecule has 0 aliphatic rings. The first-order chi connectivity index (χ1) is 17.3. The van der Waals surface area contributed by atoms with Gasteiger partial charge in [-0.3, -0.25) is 19.7 Å². The number of anilines is 1. The van der Waals surface area contributed by atoms with Crippen molar-refractivity contribution < 1.29 is 23.3 Å². The Labute approximate surface area is 204 Å². The maximum absolute atomic E-state index is 13.1. The first-order valence-corrected chi connectivity index (χ1v) is 10.7. The van der Waals surface area contributed by atoms with E-state index < -0.39 is 22.6 Å². The summed E-state index contributed by atoms with van der Waals surface area (Å²) in [4.78, 5) is 35.8. The van der Waals surface area contributed by atoms with Gasteiger partial charge in [0.25, 0.3) is 17.5 Å². The Hall–Kier alpha value is -5.12. The van der Waals surface area contributed by atoms with E-state index in [1.165, 1.54) is 42.6 Å². The van der Waals surface area contributed by atoms with Crippen molar-refractivity contribution in [1.29, 1.82) is 0 Å². The van der Waals surface area contributed by atoms with E-state index in [-0.39, 0.29) is 22.5 Å². The maximum atomic E-state index is 13.1. The molecule has 0 atom stereocenters. The van der Waals surface area contributed by atoms with Crippen LogP contribution >= 0.6 is 0 Å². The SMILES string of the molecule is Cc1c(-c2ccc(/C=N\NC(=O)c3ccccc3NC(=O)c3ccc(F)cc3)o2)cccc1[N+](=O)[O-]. The summed E-state index contributed by atoms with van der Waals surface area (Å²) in [6.45, 7) is 1.64. The second kappa shape index (κ2) is 10.4. The Morgan fingerprint density at radius 3 is 2.47 bits per heavy atom. The topological polar surface area (TPSA) is 127 Å². The van der Waals surface area contributed by atoms with Crippen LogP contribution in [0.4, 0.5) is 15.8 Å². The zero-order valence-electron chi connectivity index (χ0n) is 18.9. The van der Waals surface area contributed by atoms with Crippen LogP contribution in [-0.4, -0.2) is 23.0 Å². The number of carbonyl (C=O) groups is 2. The number of furan rings is 1. The minimum atomic E-state index is -0.581. The molecule has 1 heterocycles. The Morgan fingerprint density at radius 1 is 0.972 bits per heavy atom. The number of nitrogens with one attached hydrogen (secondary N) is 2. The molecule has 0 radical (unpaired) electrons. The normalized spacial score (nSPS) is 10.8. The third-order valence-electron chi connectivity index (χ3n) is 5.28. The molecule has 4 aromatic rings. The number of rotatable bonds is 7. The van der Waals surface area contributed by atoms with E-state index in [1.54, 1.807) is 49.4 Å². The van der Waals surface area contributed by atoms with Crippen LogP contribution in [0.3, 0.4) is 0 Å². The molecule has 1 aromatic heterocycles. The third-order valence-corrected chi connectivity index (χ3v) is 5.28. The fraction of sp³-hybridized carbons (Fsp3) is 0.0385. The Bertz CT molecular complexity index is 1480. The summed E-state index contributed by atoms with van der Waals surface area (Å²) in [5.41, 5.74) is 4.04. The zero-order chi connectivity index (χ0) is 25.7. The van der Waals surface area contributed by atoms with Crippen LogP contribution in [0.15, 0.2) is 88.4 Å². The molecule has 0 saturated carbocycles. The van der Waals surface area contributed by atoms with Crippen molar-refractivity contribution in [3.63, 3.8) is 0 Å². The largest absolute Gasteiger partial charge is 0.455 e. The van der Waals surface area contributed by atoms with Crippen molar-refractivity contribution in [1.82, 2.24) is 5.43 Å². The lowest BCUT2D eigenvalue weighted by atomic mass is 10.1. The summed E-state index contributed by atoms with van der Waals surface area (Å²) in [7, 11) is 0. The number of hydrogen-bond acceptors (Lipinski definition) is 6. The fourth-order valence-electron chi connectivity index (χ4n) is 3.46. The first-order valence-electron chi connectivity index (χ1n) is 10.7. The van der Waals surface area contributed by atoms with Crippen molar-refractivity contribution in [3.8, 4) is 11.3 Å². The molecule has 0 bridgehead atoms. The van der Waals surface area contributed by atoms with Gasteiger partial charge in [0, 0.05) is 22.8 Å². The second-order valence-corrected chi connectivity index (χ2v) is 7.61. The molecule has 4 rings (SSSR count). The Kier molecular flexibility index (Phi) is 6.96. The van der Waals surface area contributed by atoms with Crippen molar-refractivity contribution in [3.05, 3.63) is 117 Å².